The number of aryl methyl sites for hydroxylation is 3. The van der Waals surface area contributed by atoms with Crippen LogP contribution in [-0.4, -0.2) is 24.9 Å². The van der Waals surface area contributed by atoms with E-state index < -0.39 is 0 Å². The number of anilines is 1. The molecule has 0 N–H and O–H groups in total. The predicted molar refractivity (Wildman–Crippen MR) is 102 cm³/mol. The van der Waals surface area contributed by atoms with Crippen LogP contribution in [0, 0.1) is 13.8 Å². The quantitative estimate of drug-likeness (QED) is 0.534. The first-order chi connectivity index (χ1) is 12.0. The summed E-state index contributed by atoms with van der Waals surface area (Å²) in [5.41, 5.74) is 3.00. The Bertz CT molecular complexity index is 737. The lowest BCUT2D eigenvalue weighted by molar-refractivity contribution is -0.140. The molecule has 6 heteroatoms. The van der Waals surface area contributed by atoms with Gasteiger partial charge in [0.15, 0.2) is 0 Å². The molecule has 4 nitrogen and oxygen atoms in total. The van der Waals surface area contributed by atoms with Crippen LogP contribution in [0.15, 0.2) is 30.3 Å². The van der Waals surface area contributed by atoms with E-state index in [-0.39, 0.29) is 17.8 Å². The van der Waals surface area contributed by atoms with Crippen LogP contribution in [0.1, 0.15) is 27.3 Å². The molecule has 1 heterocycles. The lowest BCUT2D eigenvalue weighted by Crippen LogP contribution is -2.32. The van der Waals surface area contributed by atoms with Gasteiger partial charge in [-0.15, -0.1) is 22.9 Å². The van der Waals surface area contributed by atoms with Gasteiger partial charge >= 0.3 is 5.97 Å². The first-order valence-electron chi connectivity index (χ1n) is 8.03. The number of esters is 1. The zero-order chi connectivity index (χ0) is 18.4. The standard InChI is InChI=1S/C19H22ClNO3S/c1-13-5-4-6-14(2)19(13)21(17(22)11-20)12-16-8-7-15(25-16)9-10-18(23)24-3/h4-8H,9-12H2,1-3H3. The largest absolute Gasteiger partial charge is 0.469 e. The van der Waals surface area contributed by atoms with Crippen LogP contribution < -0.4 is 4.90 Å². The molecule has 2 rings (SSSR count). The Morgan fingerprint density at radius 3 is 2.36 bits per heavy atom. The van der Waals surface area contributed by atoms with E-state index in [1.54, 1.807) is 16.2 Å². The number of carbonyl (C=O) groups excluding carboxylic acids is 2. The molecule has 0 bridgehead atoms. The SMILES string of the molecule is COC(=O)CCc1ccc(CN(C(=O)CCl)c2c(C)cccc2C)s1. The lowest BCUT2D eigenvalue weighted by atomic mass is 10.1. The van der Waals surface area contributed by atoms with Crippen LogP contribution >= 0.6 is 22.9 Å². The van der Waals surface area contributed by atoms with E-state index in [0.29, 0.717) is 19.4 Å². The third-order valence-electron chi connectivity index (χ3n) is 3.96. The number of thiophene rings is 1. The fourth-order valence-electron chi connectivity index (χ4n) is 2.72. The van der Waals surface area contributed by atoms with Crippen molar-refractivity contribution in [3.63, 3.8) is 0 Å². The summed E-state index contributed by atoms with van der Waals surface area (Å²) in [7, 11) is 1.39. The molecule has 25 heavy (non-hydrogen) atoms. The van der Waals surface area contributed by atoms with E-state index in [4.69, 9.17) is 11.6 Å². The molecule has 0 aliphatic rings. The van der Waals surface area contributed by atoms with Crippen molar-refractivity contribution in [2.75, 3.05) is 17.9 Å². The number of amides is 1. The number of rotatable bonds is 7. The van der Waals surface area contributed by atoms with Crippen molar-refractivity contribution in [1.82, 2.24) is 0 Å². The van der Waals surface area contributed by atoms with Gasteiger partial charge < -0.3 is 9.64 Å². The molecule has 134 valence electrons. The average molecular weight is 380 g/mol. The minimum absolute atomic E-state index is 0.0612. The maximum Gasteiger partial charge on any atom is 0.305 e. The Hall–Kier alpha value is -1.85. The van der Waals surface area contributed by atoms with Crippen molar-refractivity contribution in [3.8, 4) is 0 Å². The Balaban J connectivity index is 2.20. The number of hydrogen-bond donors (Lipinski definition) is 0. The Labute approximate surface area is 157 Å². The zero-order valence-electron chi connectivity index (χ0n) is 14.7. The van der Waals surface area contributed by atoms with E-state index >= 15 is 0 Å². The Kier molecular flexibility index (Phi) is 7.02. The molecule has 0 atom stereocenters. The van der Waals surface area contributed by atoms with Gasteiger partial charge in [-0.1, -0.05) is 18.2 Å². The van der Waals surface area contributed by atoms with E-state index in [2.05, 4.69) is 4.74 Å². The van der Waals surface area contributed by atoms with Crippen LogP contribution in [-0.2, 0) is 27.3 Å². The highest BCUT2D eigenvalue weighted by molar-refractivity contribution is 7.12. The van der Waals surface area contributed by atoms with Crippen molar-refractivity contribution >= 4 is 40.5 Å². The van der Waals surface area contributed by atoms with Crippen molar-refractivity contribution in [2.45, 2.75) is 33.2 Å². The molecule has 0 aliphatic carbocycles. The van der Waals surface area contributed by atoms with Crippen LogP contribution in [0.3, 0.4) is 0 Å². The van der Waals surface area contributed by atoms with Gasteiger partial charge in [0.1, 0.15) is 5.88 Å². The number of hydrogen-bond acceptors (Lipinski definition) is 4. The maximum atomic E-state index is 12.4. The number of alkyl halides is 1. The summed E-state index contributed by atoms with van der Waals surface area (Å²) in [5.74, 6) is -0.401. The molecule has 1 aromatic carbocycles. The number of methoxy groups -OCH3 is 1. The van der Waals surface area contributed by atoms with Gasteiger partial charge in [-0.3, -0.25) is 9.59 Å². The van der Waals surface area contributed by atoms with E-state index in [1.165, 1.54) is 7.11 Å². The third kappa shape index (κ3) is 5.06. The summed E-state index contributed by atoms with van der Waals surface area (Å²) in [4.78, 5) is 27.6. The summed E-state index contributed by atoms with van der Waals surface area (Å²) in [6.07, 6.45) is 1.00. The van der Waals surface area contributed by atoms with E-state index in [9.17, 15) is 9.59 Å². The smallest absolute Gasteiger partial charge is 0.305 e. The molecule has 0 fully saturated rings. The molecule has 0 unspecified atom stereocenters. The highest BCUT2D eigenvalue weighted by Crippen LogP contribution is 2.28. The van der Waals surface area contributed by atoms with Crippen molar-refractivity contribution in [1.29, 1.82) is 0 Å². The van der Waals surface area contributed by atoms with Crippen molar-refractivity contribution in [2.24, 2.45) is 0 Å². The fraction of sp³-hybridized carbons (Fsp3) is 0.368. The van der Waals surface area contributed by atoms with E-state index in [1.807, 2.05) is 44.2 Å². The third-order valence-corrected chi connectivity index (χ3v) is 5.32. The van der Waals surface area contributed by atoms with Crippen LogP contribution in [0.4, 0.5) is 5.69 Å². The normalized spacial score (nSPS) is 10.6. The lowest BCUT2D eigenvalue weighted by Gasteiger charge is -2.25. The minimum atomic E-state index is -0.218. The second kappa shape index (κ2) is 9.02. The highest BCUT2D eigenvalue weighted by atomic mass is 35.5. The molecule has 0 saturated carbocycles. The number of ether oxygens (including phenoxy) is 1. The molecular formula is C19H22ClNO3S. The number of benzene rings is 1. The van der Waals surface area contributed by atoms with Crippen LogP contribution in [0.2, 0.25) is 0 Å². The van der Waals surface area contributed by atoms with Gasteiger partial charge in [-0.25, -0.2) is 0 Å². The molecule has 0 radical (unpaired) electrons. The van der Waals surface area contributed by atoms with Crippen molar-refractivity contribution < 1.29 is 14.3 Å². The van der Waals surface area contributed by atoms with E-state index in [0.717, 1.165) is 26.6 Å². The first-order valence-corrected chi connectivity index (χ1v) is 9.38. The summed E-state index contributed by atoms with van der Waals surface area (Å²) in [5, 5.41) is 0. The highest BCUT2D eigenvalue weighted by Gasteiger charge is 2.20. The van der Waals surface area contributed by atoms with Crippen LogP contribution in [0.5, 0.6) is 0 Å². The molecule has 0 aliphatic heterocycles. The van der Waals surface area contributed by atoms with Gasteiger partial charge in [-0.05, 0) is 43.5 Å². The van der Waals surface area contributed by atoms with Crippen molar-refractivity contribution in [3.05, 3.63) is 51.2 Å². The zero-order valence-corrected chi connectivity index (χ0v) is 16.2. The maximum absolute atomic E-state index is 12.4. The Morgan fingerprint density at radius 2 is 1.76 bits per heavy atom. The number of carbonyl (C=O) groups is 2. The number of nitrogens with zero attached hydrogens (tertiary/aromatic N) is 1. The van der Waals surface area contributed by atoms with Gasteiger partial charge in [0.25, 0.3) is 0 Å². The average Bonchev–Trinajstić information content (AvgIpc) is 3.05. The van der Waals surface area contributed by atoms with Gasteiger partial charge in [0.2, 0.25) is 5.91 Å². The molecule has 0 spiro atoms. The molecule has 2 aromatic rings. The molecule has 0 saturated heterocycles. The van der Waals surface area contributed by atoms with Gasteiger partial charge in [-0.2, -0.15) is 0 Å². The summed E-state index contributed by atoms with van der Waals surface area (Å²) in [6, 6.07) is 9.96. The number of halogens is 1. The second-order valence-corrected chi connectivity index (χ2v) is 7.32. The topological polar surface area (TPSA) is 46.6 Å². The number of para-hydroxylation sites is 1. The predicted octanol–water partition coefficient (Wildman–Crippen LogP) is 4.24. The fourth-order valence-corrected chi connectivity index (χ4v) is 3.87. The van der Waals surface area contributed by atoms with Gasteiger partial charge in [0, 0.05) is 15.4 Å². The Morgan fingerprint density at radius 1 is 1.12 bits per heavy atom. The minimum Gasteiger partial charge on any atom is -0.469 e. The monoisotopic (exact) mass is 379 g/mol. The summed E-state index contributed by atoms with van der Waals surface area (Å²) < 4.78 is 4.67. The summed E-state index contributed by atoms with van der Waals surface area (Å²) >= 11 is 7.44. The molecular weight excluding hydrogens is 358 g/mol. The molecule has 1 aromatic heterocycles. The van der Waals surface area contributed by atoms with Gasteiger partial charge in [0.05, 0.1) is 20.1 Å². The second-order valence-electron chi connectivity index (χ2n) is 5.80. The van der Waals surface area contributed by atoms with Crippen LogP contribution in [0.25, 0.3) is 0 Å². The summed E-state index contributed by atoms with van der Waals surface area (Å²) in [6.45, 7) is 4.46. The first kappa shape index (κ1) is 19.5. The molecule has 1 amide bonds.